The molecule has 0 aliphatic heterocycles. The molecule has 0 saturated heterocycles. The molecule has 1 heterocycles. The van der Waals surface area contributed by atoms with Gasteiger partial charge in [0.25, 0.3) is 0 Å². The number of hydrogen-bond donors (Lipinski definition) is 4. The Hall–Kier alpha value is -2.61. The Balaban J connectivity index is 2.14. The average molecular weight is 377 g/mol. The lowest BCUT2D eigenvalue weighted by molar-refractivity contribution is -0.206. The Morgan fingerprint density at radius 2 is 1.52 bits per heavy atom. The van der Waals surface area contributed by atoms with Gasteiger partial charge < -0.3 is 20.3 Å². The largest absolute Gasteiger partial charge is 0.418 e. The molecule has 0 aliphatic carbocycles. The molecule has 0 fully saturated rings. The molecule has 142 valence electrons. The van der Waals surface area contributed by atoms with Crippen LogP contribution in [0.25, 0.3) is 22.4 Å². The van der Waals surface area contributed by atoms with Crippen LogP contribution >= 0.6 is 0 Å². The van der Waals surface area contributed by atoms with Crippen LogP contribution in [0.4, 0.5) is 13.2 Å². The number of alkyl halides is 3. The molecule has 3 aromatic rings. The van der Waals surface area contributed by atoms with Gasteiger partial charge in [0.05, 0.1) is 5.69 Å². The highest BCUT2D eigenvalue weighted by Gasteiger charge is 2.39. The van der Waals surface area contributed by atoms with Gasteiger partial charge >= 0.3 is 6.18 Å². The fraction of sp³-hybridized carbons (Fsp3) is 0.200. The van der Waals surface area contributed by atoms with E-state index in [0.717, 1.165) is 5.56 Å². The molecule has 0 radical (unpaired) electrons. The Kier molecular flexibility index (Phi) is 5.10. The maximum atomic E-state index is 12.8. The zero-order chi connectivity index (χ0) is 19.8. The number of aromatic nitrogens is 1. The first-order valence-corrected chi connectivity index (χ1v) is 8.19. The van der Waals surface area contributed by atoms with E-state index in [1.807, 2.05) is 6.07 Å². The molecule has 0 amide bonds. The van der Waals surface area contributed by atoms with Gasteiger partial charge in [-0.1, -0.05) is 48.5 Å². The number of nitrogens with one attached hydrogen (secondary N) is 1. The van der Waals surface area contributed by atoms with Gasteiger partial charge in [0, 0.05) is 11.3 Å². The monoisotopic (exact) mass is 377 g/mol. The fourth-order valence-corrected chi connectivity index (χ4v) is 3.13. The minimum absolute atomic E-state index is 0.149. The van der Waals surface area contributed by atoms with E-state index < -0.39 is 18.6 Å². The molecular formula is C20H18F3NO3. The summed E-state index contributed by atoms with van der Waals surface area (Å²) in [5, 5.41) is 29.0. The summed E-state index contributed by atoms with van der Waals surface area (Å²) in [6.07, 6.45) is -9.15. The normalized spacial score (nSPS) is 13.2. The molecule has 2 aromatic carbocycles. The van der Waals surface area contributed by atoms with Gasteiger partial charge in [-0.2, -0.15) is 13.2 Å². The van der Waals surface area contributed by atoms with E-state index in [4.69, 9.17) is 0 Å². The summed E-state index contributed by atoms with van der Waals surface area (Å²) >= 11 is 0. The van der Waals surface area contributed by atoms with Crippen molar-refractivity contribution in [3.63, 3.8) is 0 Å². The van der Waals surface area contributed by atoms with Crippen LogP contribution in [0.2, 0.25) is 0 Å². The van der Waals surface area contributed by atoms with Crippen molar-refractivity contribution in [2.75, 3.05) is 0 Å². The van der Waals surface area contributed by atoms with Gasteiger partial charge in [0.15, 0.2) is 12.4 Å². The molecule has 0 saturated carbocycles. The van der Waals surface area contributed by atoms with Crippen molar-refractivity contribution in [1.82, 2.24) is 4.98 Å². The third-order valence-corrected chi connectivity index (χ3v) is 4.40. The van der Waals surface area contributed by atoms with E-state index in [9.17, 15) is 28.5 Å². The van der Waals surface area contributed by atoms with Gasteiger partial charge in [-0.3, -0.25) is 0 Å². The Labute approximate surface area is 153 Å². The summed E-state index contributed by atoms with van der Waals surface area (Å²) in [5.74, 6) is 0. The average Bonchev–Trinajstić information content (AvgIpc) is 2.98. The summed E-state index contributed by atoms with van der Waals surface area (Å²) in [4.78, 5) is 2.91. The molecule has 27 heavy (non-hydrogen) atoms. The minimum atomic E-state index is -4.77. The van der Waals surface area contributed by atoms with Crippen molar-refractivity contribution < 1.29 is 28.5 Å². The van der Waals surface area contributed by atoms with Crippen molar-refractivity contribution in [1.29, 1.82) is 0 Å². The molecule has 4 nitrogen and oxygen atoms in total. The summed E-state index contributed by atoms with van der Waals surface area (Å²) < 4.78 is 38.5. The molecule has 7 heteroatoms. The maximum absolute atomic E-state index is 12.8. The minimum Gasteiger partial charge on any atom is -0.379 e. The van der Waals surface area contributed by atoms with Crippen molar-refractivity contribution in [2.24, 2.45) is 0 Å². The SMILES string of the molecule is Cc1c(-c2cccc(C(O)C(F)(F)F)c2)[nH]c(C(O)O)c1-c1ccccc1. The van der Waals surface area contributed by atoms with Crippen molar-refractivity contribution >= 4 is 0 Å². The van der Waals surface area contributed by atoms with Crippen molar-refractivity contribution in [3.8, 4) is 22.4 Å². The van der Waals surface area contributed by atoms with E-state index in [1.54, 1.807) is 37.3 Å². The second kappa shape index (κ2) is 7.19. The lowest BCUT2D eigenvalue weighted by Gasteiger charge is -2.15. The zero-order valence-corrected chi connectivity index (χ0v) is 14.3. The van der Waals surface area contributed by atoms with Crippen LogP contribution in [0.3, 0.4) is 0 Å². The highest BCUT2D eigenvalue weighted by molar-refractivity contribution is 5.79. The quantitative estimate of drug-likeness (QED) is 0.514. The lowest BCUT2D eigenvalue weighted by Crippen LogP contribution is -2.20. The summed E-state index contributed by atoms with van der Waals surface area (Å²) in [6, 6.07) is 14.5. The molecule has 0 aliphatic rings. The van der Waals surface area contributed by atoms with Crippen LogP contribution < -0.4 is 0 Å². The molecule has 1 aromatic heterocycles. The van der Waals surface area contributed by atoms with Crippen LogP contribution in [-0.4, -0.2) is 26.5 Å². The van der Waals surface area contributed by atoms with Crippen molar-refractivity contribution in [2.45, 2.75) is 25.5 Å². The Morgan fingerprint density at radius 1 is 0.889 bits per heavy atom. The number of aliphatic hydroxyl groups excluding tert-OH is 2. The summed E-state index contributed by atoms with van der Waals surface area (Å²) in [6.45, 7) is 1.74. The highest BCUT2D eigenvalue weighted by atomic mass is 19.4. The van der Waals surface area contributed by atoms with Gasteiger partial charge in [0.1, 0.15) is 0 Å². The highest BCUT2D eigenvalue weighted by Crippen LogP contribution is 2.39. The first-order chi connectivity index (χ1) is 12.7. The first kappa shape index (κ1) is 19.2. The Morgan fingerprint density at radius 3 is 2.11 bits per heavy atom. The van der Waals surface area contributed by atoms with E-state index in [0.29, 0.717) is 22.4 Å². The maximum Gasteiger partial charge on any atom is 0.418 e. The van der Waals surface area contributed by atoms with Crippen LogP contribution in [-0.2, 0) is 0 Å². The number of hydrogen-bond acceptors (Lipinski definition) is 3. The van der Waals surface area contributed by atoms with Crippen LogP contribution in [0.5, 0.6) is 0 Å². The number of aliphatic hydroxyl groups is 3. The molecular weight excluding hydrogens is 359 g/mol. The topological polar surface area (TPSA) is 76.5 Å². The number of aromatic amines is 1. The third-order valence-electron chi connectivity index (χ3n) is 4.40. The second-order valence-corrected chi connectivity index (χ2v) is 6.22. The predicted octanol–water partition coefficient (Wildman–Crippen LogP) is 4.24. The second-order valence-electron chi connectivity index (χ2n) is 6.22. The van der Waals surface area contributed by atoms with E-state index in [-0.39, 0.29) is 11.3 Å². The molecule has 1 unspecified atom stereocenters. The predicted molar refractivity (Wildman–Crippen MR) is 94.6 cm³/mol. The smallest absolute Gasteiger partial charge is 0.379 e. The molecule has 3 rings (SSSR count). The summed E-state index contributed by atoms with van der Waals surface area (Å²) in [5.41, 5.74) is 2.68. The molecule has 0 spiro atoms. The van der Waals surface area contributed by atoms with Crippen LogP contribution in [0.1, 0.15) is 29.2 Å². The van der Waals surface area contributed by atoms with Gasteiger partial charge in [0.2, 0.25) is 0 Å². The number of halogens is 3. The number of benzene rings is 2. The standard InChI is InChI=1S/C20H18F3NO3/c1-11-15(12-6-3-2-4-7-12)17(19(26)27)24-16(11)13-8-5-9-14(10-13)18(25)20(21,22)23/h2-10,18-19,24-27H,1H3. The van der Waals surface area contributed by atoms with Crippen LogP contribution in [0.15, 0.2) is 54.6 Å². The van der Waals surface area contributed by atoms with E-state index >= 15 is 0 Å². The van der Waals surface area contributed by atoms with Gasteiger partial charge in [-0.25, -0.2) is 0 Å². The lowest BCUT2D eigenvalue weighted by atomic mass is 9.97. The van der Waals surface area contributed by atoms with Gasteiger partial charge in [-0.05, 0) is 35.2 Å². The molecule has 1 atom stereocenters. The molecule has 0 bridgehead atoms. The fourth-order valence-electron chi connectivity index (χ4n) is 3.13. The Bertz CT molecular complexity index is 933. The summed E-state index contributed by atoms with van der Waals surface area (Å²) in [7, 11) is 0. The number of rotatable bonds is 4. The van der Waals surface area contributed by atoms with Crippen molar-refractivity contribution in [3.05, 3.63) is 71.4 Å². The third kappa shape index (κ3) is 3.75. The van der Waals surface area contributed by atoms with Crippen LogP contribution in [0, 0.1) is 6.92 Å². The molecule has 4 N–H and O–H groups in total. The van der Waals surface area contributed by atoms with Gasteiger partial charge in [-0.15, -0.1) is 0 Å². The van der Waals surface area contributed by atoms with E-state index in [2.05, 4.69) is 4.98 Å². The zero-order valence-electron chi connectivity index (χ0n) is 14.3. The van der Waals surface area contributed by atoms with E-state index in [1.165, 1.54) is 18.2 Å². The first-order valence-electron chi connectivity index (χ1n) is 8.19. The number of H-pyrrole nitrogens is 1.